The Hall–Kier alpha value is -1.10. The largest absolute Gasteiger partial charge is 0.481 e. The highest BCUT2D eigenvalue weighted by Gasteiger charge is 2.43. The molecule has 0 aromatic heterocycles. The van der Waals surface area contributed by atoms with Crippen LogP contribution in [-0.4, -0.2) is 35.2 Å². The van der Waals surface area contributed by atoms with Crippen LogP contribution in [-0.2, 0) is 14.3 Å². The number of carbonyl (C=O) groups is 2. The fourth-order valence-corrected chi connectivity index (χ4v) is 1.72. The van der Waals surface area contributed by atoms with Gasteiger partial charge in [0.2, 0.25) is 0 Å². The van der Waals surface area contributed by atoms with Gasteiger partial charge in [-0.3, -0.25) is 9.59 Å². The Labute approximate surface area is 95.2 Å². The molecule has 0 saturated heterocycles. The second kappa shape index (κ2) is 4.41. The van der Waals surface area contributed by atoms with Gasteiger partial charge >= 0.3 is 5.97 Å². The number of carboxylic acids is 1. The maximum absolute atomic E-state index is 11.9. The molecule has 0 radical (unpaired) electrons. The lowest BCUT2D eigenvalue weighted by atomic mass is 9.74. The van der Waals surface area contributed by atoms with E-state index in [1.807, 2.05) is 0 Å². The van der Waals surface area contributed by atoms with Crippen LogP contribution in [0.15, 0.2) is 0 Å². The number of ether oxygens (including phenoxy) is 1. The molecule has 0 heterocycles. The summed E-state index contributed by atoms with van der Waals surface area (Å²) in [5.41, 5.74) is -1.47. The Morgan fingerprint density at radius 3 is 2.31 bits per heavy atom. The van der Waals surface area contributed by atoms with Crippen LogP contribution in [0.5, 0.6) is 0 Å². The molecule has 0 atom stereocenters. The van der Waals surface area contributed by atoms with Crippen molar-refractivity contribution < 1.29 is 19.4 Å². The second-order valence-electron chi connectivity index (χ2n) is 4.87. The molecule has 5 heteroatoms. The van der Waals surface area contributed by atoms with Gasteiger partial charge in [-0.1, -0.05) is 0 Å². The Morgan fingerprint density at radius 2 is 2.00 bits per heavy atom. The van der Waals surface area contributed by atoms with Gasteiger partial charge in [0.15, 0.2) is 0 Å². The molecule has 0 aromatic carbocycles. The van der Waals surface area contributed by atoms with Crippen LogP contribution in [0.2, 0.25) is 0 Å². The Kier molecular flexibility index (Phi) is 3.57. The first-order chi connectivity index (χ1) is 7.31. The number of carboxylic acid groups (broad SMARTS) is 1. The SMILES string of the molecule is COC(C)(C)C(=O)NC1(CC(=O)O)CCC1. The summed E-state index contributed by atoms with van der Waals surface area (Å²) in [6.45, 7) is 3.32. The molecule has 0 unspecified atom stereocenters. The Balaban J connectivity index is 2.64. The molecule has 0 spiro atoms. The quantitative estimate of drug-likeness (QED) is 0.735. The van der Waals surface area contributed by atoms with E-state index in [4.69, 9.17) is 9.84 Å². The molecule has 0 aromatic rings. The van der Waals surface area contributed by atoms with Crippen molar-refractivity contribution in [2.75, 3.05) is 7.11 Å². The number of aliphatic carboxylic acids is 1. The summed E-state index contributed by atoms with van der Waals surface area (Å²) < 4.78 is 5.06. The highest BCUT2D eigenvalue weighted by atomic mass is 16.5. The van der Waals surface area contributed by atoms with Gasteiger partial charge in [-0.15, -0.1) is 0 Å². The smallest absolute Gasteiger partial charge is 0.305 e. The summed E-state index contributed by atoms with van der Waals surface area (Å²) in [5, 5.41) is 11.6. The van der Waals surface area contributed by atoms with E-state index in [2.05, 4.69) is 5.32 Å². The van der Waals surface area contributed by atoms with Crippen LogP contribution in [0.25, 0.3) is 0 Å². The highest BCUT2D eigenvalue weighted by Crippen LogP contribution is 2.35. The van der Waals surface area contributed by atoms with Crippen molar-refractivity contribution in [2.45, 2.75) is 50.7 Å². The van der Waals surface area contributed by atoms with E-state index in [0.717, 1.165) is 19.3 Å². The maximum Gasteiger partial charge on any atom is 0.305 e. The van der Waals surface area contributed by atoms with Crippen LogP contribution in [0.4, 0.5) is 0 Å². The first-order valence-electron chi connectivity index (χ1n) is 5.41. The molecule has 92 valence electrons. The van der Waals surface area contributed by atoms with E-state index in [1.165, 1.54) is 7.11 Å². The highest BCUT2D eigenvalue weighted by molar-refractivity contribution is 5.85. The van der Waals surface area contributed by atoms with Gasteiger partial charge in [0.05, 0.1) is 12.0 Å². The normalized spacial score (nSPS) is 18.7. The fourth-order valence-electron chi connectivity index (χ4n) is 1.72. The molecule has 1 saturated carbocycles. The summed E-state index contributed by atoms with van der Waals surface area (Å²) in [6, 6.07) is 0. The number of nitrogens with one attached hydrogen (secondary N) is 1. The van der Waals surface area contributed by atoms with E-state index in [9.17, 15) is 9.59 Å². The standard InChI is InChI=1S/C11H19NO4/c1-10(2,16-3)9(15)12-11(5-4-6-11)7-8(13)14/h4-7H2,1-3H3,(H,12,15)(H,13,14). The zero-order valence-corrected chi connectivity index (χ0v) is 10.0. The van der Waals surface area contributed by atoms with Gasteiger partial charge in [0, 0.05) is 7.11 Å². The number of amides is 1. The van der Waals surface area contributed by atoms with Crippen molar-refractivity contribution in [3.05, 3.63) is 0 Å². The van der Waals surface area contributed by atoms with Gasteiger partial charge in [-0.25, -0.2) is 0 Å². The number of methoxy groups -OCH3 is 1. The molecule has 0 aliphatic heterocycles. The fraction of sp³-hybridized carbons (Fsp3) is 0.818. The molecule has 16 heavy (non-hydrogen) atoms. The summed E-state index contributed by atoms with van der Waals surface area (Å²) in [4.78, 5) is 22.6. The molecule has 1 fully saturated rings. The molecule has 1 rings (SSSR count). The van der Waals surface area contributed by atoms with Crippen LogP contribution in [0, 0.1) is 0 Å². The number of rotatable bonds is 5. The van der Waals surface area contributed by atoms with Crippen molar-refractivity contribution >= 4 is 11.9 Å². The summed E-state index contributed by atoms with van der Waals surface area (Å²) in [7, 11) is 1.46. The van der Waals surface area contributed by atoms with Gasteiger partial charge in [0.25, 0.3) is 5.91 Å². The molecule has 1 aliphatic carbocycles. The topological polar surface area (TPSA) is 75.6 Å². The van der Waals surface area contributed by atoms with E-state index in [-0.39, 0.29) is 12.3 Å². The van der Waals surface area contributed by atoms with Crippen molar-refractivity contribution in [2.24, 2.45) is 0 Å². The molecular weight excluding hydrogens is 210 g/mol. The minimum Gasteiger partial charge on any atom is -0.481 e. The minimum atomic E-state index is -0.916. The lowest BCUT2D eigenvalue weighted by Crippen LogP contribution is -2.59. The molecule has 5 nitrogen and oxygen atoms in total. The average Bonchev–Trinajstić information content (AvgIpc) is 2.13. The first-order valence-corrected chi connectivity index (χ1v) is 5.41. The van der Waals surface area contributed by atoms with E-state index >= 15 is 0 Å². The third kappa shape index (κ3) is 2.72. The molecule has 2 N–H and O–H groups in total. The van der Waals surface area contributed by atoms with E-state index < -0.39 is 17.1 Å². The lowest BCUT2D eigenvalue weighted by Gasteiger charge is -2.43. The van der Waals surface area contributed by atoms with Crippen LogP contribution in [0.1, 0.15) is 39.5 Å². The number of hydrogen-bond donors (Lipinski definition) is 2. The van der Waals surface area contributed by atoms with Crippen molar-refractivity contribution in [3.8, 4) is 0 Å². The average molecular weight is 229 g/mol. The summed E-state index contributed by atoms with van der Waals surface area (Å²) in [6.07, 6.45) is 2.40. The predicted octanol–water partition coefficient (Wildman–Crippen LogP) is 0.925. The monoisotopic (exact) mass is 229 g/mol. The predicted molar refractivity (Wildman–Crippen MR) is 58.1 cm³/mol. The number of carbonyl (C=O) groups excluding carboxylic acids is 1. The third-order valence-corrected chi connectivity index (χ3v) is 3.24. The third-order valence-electron chi connectivity index (χ3n) is 3.24. The van der Waals surface area contributed by atoms with E-state index in [1.54, 1.807) is 13.8 Å². The minimum absolute atomic E-state index is 0.0153. The molecule has 1 aliphatic rings. The Morgan fingerprint density at radius 1 is 1.44 bits per heavy atom. The maximum atomic E-state index is 11.9. The second-order valence-corrected chi connectivity index (χ2v) is 4.87. The van der Waals surface area contributed by atoms with Gasteiger partial charge in [0.1, 0.15) is 5.60 Å². The zero-order valence-electron chi connectivity index (χ0n) is 10.0. The van der Waals surface area contributed by atoms with E-state index in [0.29, 0.717) is 0 Å². The van der Waals surface area contributed by atoms with Crippen LogP contribution in [0.3, 0.4) is 0 Å². The first kappa shape index (κ1) is 13.0. The zero-order chi connectivity index (χ0) is 12.4. The van der Waals surface area contributed by atoms with Crippen LogP contribution >= 0.6 is 0 Å². The van der Waals surface area contributed by atoms with Crippen molar-refractivity contribution in [1.82, 2.24) is 5.32 Å². The lowest BCUT2D eigenvalue weighted by molar-refractivity contribution is -0.146. The van der Waals surface area contributed by atoms with Crippen molar-refractivity contribution in [3.63, 3.8) is 0 Å². The van der Waals surface area contributed by atoms with Crippen molar-refractivity contribution in [1.29, 1.82) is 0 Å². The van der Waals surface area contributed by atoms with Crippen LogP contribution < -0.4 is 5.32 Å². The van der Waals surface area contributed by atoms with Gasteiger partial charge in [-0.2, -0.15) is 0 Å². The summed E-state index contributed by atoms with van der Waals surface area (Å²) in [5.74, 6) is -1.13. The summed E-state index contributed by atoms with van der Waals surface area (Å²) >= 11 is 0. The number of hydrogen-bond acceptors (Lipinski definition) is 3. The Bertz CT molecular complexity index is 294. The molecular formula is C11H19NO4. The van der Waals surface area contributed by atoms with Gasteiger partial charge < -0.3 is 15.2 Å². The molecule has 0 bridgehead atoms. The molecule has 1 amide bonds. The van der Waals surface area contributed by atoms with Gasteiger partial charge in [-0.05, 0) is 33.1 Å².